The van der Waals surface area contributed by atoms with E-state index in [2.05, 4.69) is 16.6 Å². The number of carbonyl (C=O) groups is 3. The van der Waals surface area contributed by atoms with Crippen LogP contribution in [0.5, 0.6) is 0 Å². The number of hydrogen-bond acceptors (Lipinski definition) is 4. The van der Waals surface area contributed by atoms with Crippen LogP contribution in [-0.4, -0.2) is 60.5 Å². The summed E-state index contributed by atoms with van der Waals surface area (Å²) >= 11 is 0. The number of hydrogen-bond donors (Lipinski definition) is 3. The van der Waals surface area contributed by atoms with Gasteiger partial charge in [-0.1, -0.05) is 5.92 Å². The molecule has 0 unspecified atom stereocenters. The van der Waals surface area contributed by atoms with Crippen molar-refractivity contribution in [3.05, 3.63) is 0 Å². The number of piperidine rings is 2. The van der Waals surface area contributed by atoms with Crippen LogP contribution in [0.1, 0.15) is 38.5 Å². The molecule has 0 bridgehead atoms. The molecule has 2 aliphatic rings. The molecule has 144 valence electrons. The molecule has 0 aromatic heterocycles. The lowest BCUT2D eigenvalue weighted by Crippen LogP contribution is -2.46. The van der Waals surface area contributed by atoms with E-state index in [0.717, 1.165) is 38.8 Å². The van der Waals surface area contributed by atoms with Crippen molar-refractivity contribution in [3.8, 4) is 12.3 Å². The number of nitrogens with one attached hydrogen (secondary N) is 2. The molecule has 0 aliphatic carbocycles. The van der Waals surface area contributed by atoms with Crippen LogP contribution in [0.4, 0.5) is 0 Å². The highest BCUT2D eigenvalue weighted by atomic mass is 16.4. The summed E-state index contributed by atoms with van der Waals surface area (Å²) in [5.41, 5.74) is 0. The van der Waals surface area contributed by atoms with Crippen molar-refractivity contribution in [1.29, 1.82) is 0 Å². The van der Waals surface area contributed by atoms with Crippen LogP contribution in [0.3, 0.4) is 0 Å². The van der Waals surface area contributed by atoms with Gasteiger partial charge in [-0.05, 0) is 51.1 Å². The van der Waals surface area contributed by atoms with E-state index in [-0.39, 0.29) is 24.3 Å². The van der Waals surface area contributed by atoms with Crippen molar-refractivity contribution >= 4 is 17.8 Å². The first kappa shape index (κ1) is 20.2. The quantitative estimate of drug-likeness (QED) is 0.571. The minimum absolute atomic E-state index is 0.0785. The second kappa shape index (κ2) is 10.2. The Bertz CT molecular complexity index is 551. The first-order valence-corrected chi connectivity index (χ1v) is 9.46. The van der Waals surface area contributed by atoms with Gasteiger partial charge in [-0.15, -0.1) is 6.42 Å². The number of amides is 2. The molecule has 7 heteroatoms. The molecule has 2 aliphatic heterocycles. The summed E-state index contributed by atoms with van der Waals surface area (Å²) in [6.07, 6.45) is 10.3. The summed E-state index contributed by atoms with van der Waals surface area (Å²) in [5, 5.41) is 14.9. The Morgan fingerprint density at radius 1 is 1.27 bits per heavy atom. The Kier molecular flexibility index (Phi) is 7.92. The number of carboxylic acids is 1. The Hall–Kier alpha value is -2.07. The average Bonchev–Trinajstić information content (AvgIpc) is 2.67. The van der Waals surface area contributed by atoms with Crippen LogP contribution >= 0.6 is 0 Å². The van der Waals surface area contributed by atoms with Crippen LogP contribution in [0.15, 0.2) is 0 Å². The van der Waals surface area contributed by atoms with Gasteiger partial charge < -0.3 is 20.6 Å². The summed E-state index contributed by atoms with van der Waals surface area (Å²) in [4.78, 5) is 37.5. The molecule has 0 aromatic carbocycles. The van der Waals surface area contributed by atoms with Gasteiger partial charge in [-0.2, -0.15) is 0 Å². The molecule has 0 radical (unpaired) electrons. The molecule has 2 atom stereocenters. The zero-order chi connectivity index (χ0) is 18.9. The third-order valence-electron chi connectivity index (χ3n) is 5.35. The lowest BCUT2D eigenvalue weighted by atomic mass is 9.92. The molecule has 26 heavy (non-hydrogen) atoms. The average molecular weight is 363 g/mol. The first-order chi connectivity index (χ1) is 12.5. The van der Waals surface area contributed by atoms with E-state index in [9.17, 15) is 14.4 Å². The van der Waals surface area contributed by atoms with E-state index in [1.54, 1.807) is 4.90 Å². The monoisotopic (exact) mass is 363 g/mol. The fourth-order valence-corrected chi connectivity index (χ4v) is 3.64. The molecule has 3 N–H and O–H groups in total. The molecule has 2 amide bonds. The zero-order valence-electron chi connectivity index (χ0n) is 15.2. The van der Waals surface area contributed by atoms with Gasteiger partial charge in [0.15, 0.2) is 0 Å². The standard InChI is InChI=1S/C19H29N3O4/c1-2-15(19(25)26)12-21-18(24)16-4-3-11-22(13-16)17(23)6-5-14-7-9-20-10-8-14/h1,14-16,20H,3-13H2,(H,21,24)(H,25,26)/t15-,16+/m0/s1. The van der Waals surface area contributed by atoms with Gasteiger partial charge in [-0.3, -0.25) is 14.4 Å². The number of carboxylic acid groups (broad SMARTS) is 1. The van der Waals surface area contributed by atoms with Crippen LogP contribution < -0.4 is 10.6 Å². The molecule has 2 rings (SSSR count). The highest BCUT2D eigenvalue weighted by Crippen LogP contribution is 2.21. The van der Waals surface area contributed by atoms with Gasteiger partial charge in [0.1, 0.15) is 5.92 Å². The predicted molar refractivity (Wildman–Crippen MR) is 97.1 cm³/mol. The fraction of sp³-hybridized carbons (Fsp3) is 0.737. The van der Waals surface area contributed by atoms with Gasteiger partial charge >= 0.3 is 5.97 Å². The summed E-state index contributed by atoms with van der Waals surface area (Å²) < 4.78 is 0. The Morgan fingerprint density at radius 2 is 2.00 bits per heavy atom. The number of aliphatic carboxylic acids is 1. The van der Waals surface area contributed by atoms with Crippen LogP contribution in [0.25, 0.3) is 0 Å². The lowest BCUT2D eigenvalue weighted by Gasteiger charge is -2.33. The topological polar surface area (TPSA) is 98.7 Å². The van der Waals surface area contributed by atoms with Crippen LogP contribution in [0.2, 0.25) is 0 Å². The maximum Gasteiger partial charge on any atom is 0.320 e. The summed E-state index contributed by atoms with van der Waals surface area (Å²) in [6.45, 7) is 3.08. The van der Waals surface area contributed by atoms with Gasteiger partial charge in [0, 0.05) is 26.1 Å². The van der Waals surface area contributed by atoms with Crippen molar-refractivity contribution in [1.82, 2.24) is 15.5 Å². The summed E-state index contributed by atoms with van der Waals surface area (Å²) in [6, 6.07) is 0. The molecule has 2 heterocycles. The Labute approximate surface area is 154 Å². The minimum Gasteiger partial charge on any atom is -0.480 e. The van der Waals surface area contributed by atoms with E-state index in [1.807, 2.05) is 0 Å². The second-order valence-corrected chi connectivity index (χ2v) is 7.21. The van der Waals surface area contributed by atoms with Gasteiger partial charge in [-0.25, -0.2) is 0 Å². The van der Waals surface area contributed by atoms with Crippen molar-refractivity contribution in [2.75, 3.05) is 32.7 Å². The Morgan fingerprint density at radius 3 is 2.65 bits per heavy atom. The SMILES string of the molecule is C#C[C@@H](CNC(=O)[C@@H]1CCCN(C(=O)CCC2CCNCC2)C1)C(=O)O. The van der Waals surface area contributed by atoms with Crippen molar-refractivity contribution in [2.24, 2.45) is 17.8 Å². The van der Waals surface area contributed by atoms with Crippen LogP contribution in [0, 0.1) is 30.1 Å². The van der Waals surface area contributed by atoms with Gasteiger partial charge in [0.25, 0.3) is 0 Å². The molecule has 0 aromatic rings. The number of carbonyl (C=O) groups excluding carboxylic acids is 2. The number of terminal acetylenes is 1. The predicted octanol–water partition coefficient (Wildman–Crippen LogP) is 0.455. The highest BCUT2D eigenvalue weighted by Gasteiger charge is 2.29. The van der Waals surface area contributed by atoms with E-state index < -0.39 is 11.9 Å². The summed E-state index contributed by atoms with van der Waals surface area (Å²) in [7, 11) is 0. The molecular weight excluding hydrogens is 334 g/mol. The number of nitrogens with zero attached hydrogens (tertiary/aromatic N) is 1. The molecule has 7 nitrogen and oxygen atoms in total. The molecule has 0 spiro atoms. The molecular formula is C19H29N3O4. The third kappa shape index (κ3) is 6.03. The minimum atomic E-state index is -1.12. The van der Waals surface area contributed by atoms with Crippen molar-refractivity contribution < 1.29 is 19.5 Å². The lowest BCUT2D eigenvalue weighted by molar-refractivity contribution is -0.139. The van der Waals surface area contributed by atoms with Gasteiger partial charge in [0.05, 0.1) is 5.92 Å². The molecule has 2 saturated heterocycles. The summed E-state index contributed by atoms with van der Waals surface area (Å²) in [5.74, 6) is 0.227. The number of rotatable bonds is 7. The third-order valence-corrected chi connectivity index (χ3v) is 5.35. The first-order valence-electron chi connectivity index (χ1n) is 9.46. The van der Waals surface area contributed by atoms with E-state index in [4.69, 9.17) is 11.5 Å². The van der Waals surface area contributed by atoms with E-state index >= 15 is 0 Å². The number of likely N-dealkylation sites (tertiary alicyclic amines) is 1. The highest BCUT2D eigenvalue weighted by molar-refractivity contribution is 5.82. The van der Waals surface area contributed by atoms with E-state index in [0.29, 0.717) is 31.8 Å². The Balaban J connectivity index is 1.76. The molecule has 0 saturated carbocycles. The van der Waals surface area contributed by atoms with Gasteiger partial charge in [0.2, 0.25) is 11.8 Å². The normalized spacial score (nSPS) is 22.3. The largest absolute Gasteiger partial charge is 0.480 e. The van der Waals surface area contributed by atoms with Crippen molar-refractivity contribution in [3.63, 3.8) is 0 Å². The smallest absolute Gasteiger partial charge is 0.320 e. The fourth-order valence-electron chi connectivity index (χ4n) is 3.64. The maximum atomic E-state index is 12.5. The second-order valence-electron chi connectivity index (χ2n) is 7.21. The molecule has 2 fully saturated rings. The van der Waals surface area contributed by atoms with E-state index in [1.165, 1.54) is 0 Å². The zero-order valence-corrected chi connectivity index (χ0v) is 15.2. The van der Waals surface area contributed by atoms with Crippen LogP contribution in [-0.2, 0) is 14.4 Å². The maximum absolute atomic E-state index is 12.5. The van der Waals surface area contributed by atoms with Crippen molar-refractivity contribution in [2.45, 2.75) is 38.5 Å².